The van der Waals surface area contributed by atoms with Crippen LogP contribution in [0.3, 0.4) is 0 Å². The second-order valence-corrected chi connectivity index (χ2v) is 9.29. The maximum Gasteiger partial charge on any atom is 0.340 e. The molecule has 5 aromatic rings. The van der Waals surface area contributed by atoms with Gasteiger partial charge in [0.15, 0.2) is 10.9 Å². The third-order valence-corrected chi connectivity index (χ3v) is 6.82. The lowest BCUT2D eigenvalue weighted by molar-refractivity contribution is 0.0602. The first-order valence-corrected chi connectivity index (χ1v) is 12.2. The van der Waals surface area contributed by atoms with Gasteiger partial charge in [0.25, 0.3) is 0 Å². The minimum atomic E-state index is -0.423. The summed E-state index contributed by atoms with van der Waals surface area (Å²) in [5, 5.41) is 14.2. The smallest absolute Gasteiger partial charge is 0.340 e. The average molecular weight is 499 g/mol. The molecule has 0 aliphatic heterocycles. The first kappa shape index (κ1) is 22.8. The van der Waals surface area contributed by atoms with Gasteiger partial charge in [0, 0.05) is 17.1 Å². The maximum atomic E-state index is 12.4. The maximum absolute atomic E-state index is 12.4. The molecule has 5 rings (SSSR count). The predicted octanol–water partition coefficient (Wildman–Crippen LogP) is 6.41. The van der Waals surface area contributed by atoms with Gasteiger partial charge in [-0.3, -0.25) is 4.68 Å². The molecule has 35 heavy (non-hydrogen) atoms. The molecule has 0 amide bonds. The van der Waals surface area contributed by atoms with Gasteiger partial charge in [0.2, 0.25) is 0 Å². The molecule has 0 aliphatic rings. The summed E-state index contributed by atoms with van der Waals surface area (Å²) in [7, 11) is 1.37. The molecule has 2 heterocycles. The summed E-state index contributed by atoms with van der Waals surface area (Å²) < 4.78 is 6.83. The zero-order chi connectivity index (χ0) is 24.2. The molecule has 0 bridgehead atoms. The highest BCUT2D eigenvalue weighted by Crippen LogP contribution is 2.36. The molecule has 0 aliphatic carbocycles. The van der Waals surface area contributed by atoms with Crippen molar-refractivity contribution in [2.75, 3.05) is 17.7 Å². The predicted molar refractivity (Wildman–Crippen MR) is 146 cm³/mol. The fourth-order valence-corrected chi connectivity index (χ4v) is 5.19. The van der Waals surface area contributed by atoms with Crippen LogP contribution in [0, 0.1) is 0 Å². The highest BCUT2D eigenvalue weighted by atomic mass is 32.1. The summed E-state index contributed by atoms with van der Waals surface area (Å²) >= 11 is 6.95. The van der Waals surface area contributed by atoms with E-state index >= 15 is 0 Å². The van der Waals surface area contributed by atoms with Crippen molar-refractivity contribution in [2.24, 2.45) is 0 Å². The summed E-state index contributed by atoms with van der Waals surface area (Å²) in [5.74, 6) is 0.190. The highest BCUT2D eigenvalue weighted by Gasteiger charge is 2.18. The molecule has 174 valence electrons. The molecule has 0 radical (unpaired) electrons. The lowest BCUT2D eigenvalue weighted by Gasteiger charge is -2.09. The van der Waals surface area contributed by atoms with E-state index in [-0.39, 0.29) is 0 Å². The van der Waals surface area contributed by atoms with Gasteiger partial charge >= 0.3 is 5.97 Å². The number of ether oxygens (including phenoxy) is 1. The largest absolute Gasteiger partial charge is 0.465 e. The van der Waals surface area contributed by atoms with Crippen LogP contribution >= 0.6 is 23.6 Å². The van der Waals surface area contributed by atoms with Gasteiger partial charge in [-0.25, -0.2) is 4.79 Å². The minimum absolute atomic E-state index is 0.340. The summed E-state index contributed by atoms with van der Waals surface area (Å²) in [6, 6.07) is 28.1. The molecule has 0 atom stereocenters. The van der Waals surface area contributed by atoms with Crippen molar-refractivity contribution in [3.8, 4) is 10.4 Å². The molecule has 2 N–H and O–H groups in total. The van der Waals surface area contributed by atoms with E-state index in [9.17, 15) is 4.79 Å². The zero-order valence-corrected chi connectivity index (χ0v) is 20.5. The van der Waals surface area contributed by atoms with Gasteiger partial charge < -0.3 is 15.4 Å². The number of fused-ring (bicyclic) bond motifs is 1. The van der Waals surface area contributed by atoms with E-state index in [1.807, 2.05) is 65.5 Å². The molecule has 0 saturated carbocycles. The second kappa shape index (κ2) is 10.1. The van der Waals surface area contributed by atoms with Crippen LogP contribution in [0.4, 0.5) is 10.8 Å². The zero-order valence-electron chi connectivity index (χ0n) is 18.9. The summed E-state index contributed by atoms with van der Waals surface area (Å²) in [4.78, 5) is 13.3. The van der Waals surface area contributed by atoms with E-state index in [2.05, 4.69) is 46.1 Å². The monoisotopic (exact) mass is 498 g/mol. The Morgan fingerprint density at radius 1 is 1.00 bits per heavy atom. The van der Waals surface area contributed by atoms with Gasteiger partial charge in [0.1, 0.15) is 5.00 Å². The van der Waals surface area contributed by atoms with Gasteiger partial charge in [-0.2, -0.15) is 5.10 Å². The third-order valence-electron chi connectivity index (χ3n) is 5.52. The van der Waals surface area contributed by atoms with Crippen LogP contribution in [0.25, 0.3) is 21.2 Å². The van der Waals surface area contributed by atoms with Crippen LogP contribution in [0.15, 0.2) is 91.1 Å². The standard InChI is InChI=1S/C27H22N4O2S2/c1-33-26(32)22-16-23(19-9-3-2-4-10-19)35-25(22)29-27(34)28-24-14-15-31(30-24)17-20-12-7-11-18-8-5-6-13-21(18)20/h2-16H,17H2,1H3,(H2,28,29,30,34). The number of benzene rings is 3. The van der Waals surface area contributed by atoms with E-state index in [0.717, 1.165) is 10.4 Å². The molecule has 0 saturated heterocycles. The third kappa shape index (κ3) is 5.08. The number of esters is 1. The number of rotatable bonds is 6. The lowest BCUT2D eigenvalue weighted by atomic mass is 10.0. The molecule has 2 aromatic heterocycles. The lowest BCUT2D eigenvalue weighted by Crippen LogP contribution is -2.20. The Morgan fingerprint density at radius 3 is 2.60 bits per heavy atom. The van der Waals surface area contributed by atoms with Crippen molar-refractivity contribution < 1.29 is 9.53 Å². The molecule has 3 aromatic carbocycles. The normalized spacial score (nSPS) is 10.8. The SMILES string of the molecule is COC(=O)c1cc(-c2ccccc2)sc1NC(=S)Nc1ccn(Cc2cccc3ccccc23)n1. The van der Waals surface area contributed by atoms with Gasteiger partial charge in [0.05, 0.1) is 19.2 Å². The number of anilines is 2. The molecule has 0 unspecified atom stereocenters. The summed E-state index contributed by atoms with van der Waals surface area (Å²) in [6.45, 7) is 0.640. The first-order valence-electron chi connectivity index (χ1n) is 11.0. The van der Waals surface area contributed by atoms with Crippen LogP contribution in [0.2, 0.25) is 0 Å². The topological polar surface area (TPSA) is 68.2 Å². The number of hydrogen-bond donors (Lipinski definition) is 2. The van der Waals surface area contributed by atoms with Crippen molar-refractivity contribution in [2.45, 2.75) is 6.54 Å². The first-order chi connectivity index (χ1) is 17.1. The fraction of sp³-hybridized carbons (Fsp3) is 0.0741. The van der Waals surface area contributed by atoms with Crippen LogP contribution in [-0.4, -0.2) is 28.0 Å². The molecule has 0 fully saturated rings. The molecule has 8 heteroatoms. The number of nitrogens with zero attached hydrogens (tertiary/aromatic N) is 2. The van der Waals surface area contributed by atoms with Gasteiger partial charge in [-0.15, -0.1) is 11.3 Å². The quantitative estimate of drug-likeness (QED) is 0.208. The number of nitrogens with one attached hydrogen (secondary N) is 2. The van der Waals surface area contributed by atoms with Crippen LogP contribution < -0.4 is 10.6 Å². The number of carbonyl (C=O) groups excluding carboxylic acids is 1. The van der Waals surface area contributed by atoms with E-state index in [0.29, 0.717) is 28.0 Å². The van der Waals surface area contributed by atoms with Gasteiger partial charge in [-0.1, -0.05) is 72.8 Å². The number of methoxy groups -OCH3 is 1. The Bertz CT molecular complexity index is 1500. The van der Waals surface area contributed by atoms with Crippen molar-refractivity contribution in [1.29, 1.82) is 0 Å². The van der Waals surface area contributed by atoms with E-state index in [1.165, 1.54) is 34.8 Å². The van der Waals surface area contributed by atoms with Crippen molar-refractivity contribution in [3.63, 3.8) is 0 Å². The summed E-state index contributed by atoms with van der Waals surface area (Å²) in [5.41, 5.74) is 2.64. The average Bonchev–Trinajstić information content (AvgIpc) is 3.51. The number of thiocarbonyl (C=S) groups is 1. The van der Waals surface area contributed by atoms with Crippen molar-refractivity contribution >= 4 is 56.2 Å². The summed E-state index contributed by atoms with van der Waals surface area (Å²) in [6.07, 6.45) is 1.91. The Kier molecular flexibility index (Phi) is 6.56. The Morgan fingerprint density at radius 2 is 1.77 bits per heavy atom. The fourth-order valence-electron chi connectivity index (χ4n) is 3.86. The Hall–Kier alpha value is -4.01. The number of hydrogen-bond acceptors (Lipinski definition) is 5. The molecular weight excluding hydrogens is 476 g/mol. The van der Waals surface area contributed by atoms with Crippen LogP contribution in [0.5, 0.6) is 0 Å². The van der Waals surface area contributed by atoms with E-state index in [4.69, 9.17) is 17.0 Å². The van der Waals surface area contributed by atoms with Crippen LogP contribution in [0.1, 0.15) is 15.9 Å². The van der Waals surface area contributed by atoms with Crippen molar-refractivity contribution in [3.05, 3.63) is 102 Å². The molecule has 6 nitrogen and oxygen atoms in total. The van der Waals surface area contributed by atoms with Gasteiger partial charge in [-0.05, 0) is 40.2 Å². The number of thiophene rings is 1. The molecule has 0 spiro atoms. The Labute approximate surface area is 212 Å². The Balaban J connectivity index is 1.30. The van der Waals surface area contributed by atoms with E-state index < -0.39 is 5.97 Å². The molecular formula is C27H22N4O2S2. The number of carbonyl (C=O) groups is 1. The highest BCUT2D eigenvalue weighted by molar-refractivity contribution is 7.80. The van der Waals surface area contributed by atoms with E-state index in [1.54, 1.807) is 0 Å². The second-order valence-electron chi connectivity index (χ2n) is 7.83. The minimum Gasteiger partial charge on any atom is -0.465 e. The number of aromatic nitrogens is 2. The van der Waals surface area contributed by atoms with Crippen molar-refractivity contribution in [1.82, 2.24) is 9.78 Å². The van der Waals surface area contributed by atoms with Crippen LogP contribution in [-0.2, 0) is 11.3 Å².